The topological polar surface area (TPSA) is 164 Å². The third-order valence-corrected chi connectivity index (χ3v) is 8.22. The highest BCUT2D eigenvalue weighted by Crippen LogP contribution is 2.36. The van der Waals surface area contributed by atoms with Crippen LogP contribution in [0.25, 0.3) is 11.1 Å². The molecule has 0 aliphatic rings. The first-order valence-electron chi connectivity index (χ1n) is 11.7. The van der Waals surface area contributed by atoms with Crippen molar-refractivity contribution in [2.75, 3.05) is 12.8 Å². The molecule has 0 aliphatic carbocycles. The second kappa shape index (κ2) is 11.3. The Bertz CT molecular complexity index is 1650. The Kier molecular flexibility index (Phi) is 7.93. The molecule has 0 aliphatic heterocycles. The van der Waals surface area contributed by atoms with Gasteiger partial charge in [-0.2, -0.15) is 0 Å². The Morgan fingerprint density at radius 2 is 1.90 bits per heavy atom. The van der Waals surface area contributed by atoms with E-state index in [1.54, 1.807) is 37.5 Å². The number of sulfone groups is 1. The average Bonchev–Trinajstić information content (AvgIpc) is 2.94. The van der Waals surface area contributed by atoms with Gasteiger partial charge in [0.05, 0.1) is 28.7 Å². The van der Waals surface area contributed by atoms with Gasteiger partial charge in [-0.1, -0.05) is 29.4 Å². The molecule has 0 atom stereocenters. The number of rotatable bonds is 8. The molecule has 1 heterocycles. The zero-order valence-electron chi connectivity index (χ0n) is 21.1. The van der Waals surface area contributed by atoms with Crippen LogP contribution >= 0.6 is 0 Å². The van der Waals surface area contributed by atoms with E-state index in [2.05, 4.69) is 10.1 Å². The number of aryl methyl sites for hydroxylation is 1. The summed E-state index contributed by atoms with van der Waals surface area (Å²) in [4.78, 5) is 16.5. The van der Waals surface area contributed by atoms with Crippen LogP contribution in [0.4, 0.5) is 5.69 Å². The van der Waals surface area contributed by atoms with Crippen molar-refractivity contribution >= 4 is 27.6 Å². The first kappa shape index (κ1) is 27.3. The summed E-state index contributed by atoms with van der Waals surface area (Å²) in [5, 5.41) is 22.0. The fourth-order valence-electron chi connectivity index (χ4n) is 4.39. The highest BCUT2D eigenvalue weighted by atomic mass is 32.2. The molecular weight excluding hydrogens is 520 g/mol. The molecule has 39 heavy (non-hydrogen) atoms. The zero-order chi connectivity index (χ0) is 28.2. The second-order valence-electron chi connectivity index (χ2n) is 8.67. The van der Waals surface area contributed by atoms with E-state index in [4.69, 9.17) is 10.5 Å². The van der Waals surface area contributed by atoms with Crippen LogP contribution in [0.3, 0.4) is 0 Å². The van der Waals surface area contributed by atoms with Crippen molar-refractivity contribution in [3.63, 3.8) is 0 Å². The maximum Gasteiger partial charge on any atom is 0.276 e. The van der Waals surface area contributed by atoms with E-state index in [1.165, 1.54) is 49.1 Å². The molecule has 10 nitrogen and oxygen atoms in total. The summed E-state index contributed by atoms with van der Waals surface area (Å²) in [5.74, 6) is -0.539. The molecule has 200 valence electrons. The normalized spacial score (nSPS) is 11.5. The number of carbonyl (C=O) groups is 1. The van der Waals surface area contributed by atoms with Crippen LogP contribution in [0.1, 0.15) is 32.6 Å². The maximum absolute atomic E-state index is 13.6. The number of amides is 1. The number of hydrogen-bond donors (Lipinski definition) is 4. The smallest absolute Gasteiger partial charge is 0.276 e. The number of nitrogens with zero attached hydrogens (tertiary/aromatic N) is 2. The van der Waals surface area contributed by atoms with Crippen molar-refractivity contribution in [1.29, 1.82) is 0 Å². The zero-order valence-corrected chi connectivity index (χ0v) is 21.9. The van der Waals surface area contributed by atoms with Crippen LogP contribution in [0, 0.1) is 6.92 Å². The SMILES string of the molecule is COc1ccc(S(=O)(=O)c2c(C)cc(-c3ccc(Cc4cccnc4)c(N)c3C=NO)cc2C(=O)NO)cc1. The van der Waals surface area contributed by atoms with Gasteiger partial charge < -0.3 is 15.7 Å². The Balaban J connectivity index is 1.88. The summed E-state index contributed by atoms with van der Waals surface area (Å²) in [7, 11) is -2.71. The number of pyridine rings is 1. The van der Waals surface area contributed by atoms with Gasteiger partial charge in [0.25, 0.3) is 5.91 Å². The number of carbonyl (C=O) groups excluding carboxylic acids is 1. The molecule has 1 amide bonds. The number of ether oxygens (including phenoxy) is 1. The van der Waals surface area contributed by atoms with Gasteiger partial charge >= 0.3 is 0 Å². The number of oxime groups is 1. The van der Waals surface area contributed by atoms with E-state index in [1.807, 2.05) is 12.1 Å². The van der Waals surface area contributed by atoms with Crippen molar-refractivity contribution in [3.8, 4) is 16.9 Å². The first-order valence-corrected chi connectivity index (χ1v) is 13.2. The van der Waals surface area contributed by atoms with Crippen molar-refractivity contribution in [3.05, 3.63) is 101 Å². The highest BCUT2D eigenvalue weighted by molar-refractivity contribution is 7.91. The van der Waals surface area contributed by atoms with E-state index >= 15 is 0 Å². The quantitative estimate of drug-likeness (QED) is 0.0847. The first-order chi connectivity index (χ1) is 18.7. The van der Waals surface area contributed by atoms with E-state index in [0.717, 1.165) is 11.1 Å². The summed E-state index contributed by atoms with van der Waals surface area (Å²) in [6, 6.07) is 16.0. The molecule has 5 N–H and O–H groups in total. The molecule has 0 unspecified atom stereocenters. The minimum atomic E-state index is -4.17. The standard InChI is InChI=1S/C28H26N4O6S/c1-17-12-20(23-10-5-19(26(29)25(23)16-31-34)13-18-4-3-11-30-15-18)14-24(28(33)32-35)27(17)39(36,37)22-8-6-21(38-2)7-9-22/h3-12,14-16,34-35H,13,29H2,1-2H3,(H,32,33). The predicted molar refractivity (Wildman–Crippen MR) is 145 cm³/mol. The number of hydrogen-bond acceptors (Lipinski definition) is 9. The molecule has 0 saturated carbocycles. The summed E-state index contributed by atoms with van der Waals surface area (Å²) < 4.78 is 32.3. The van der Waals surface area contributed by atoms with Crippen LogP contribution in [0.2, 0.25) is 0 Å². The number of nitrogens with two attached hydrogens (primary N) is 1. The number of methoxy groups -OCH3 is 1. The molecule has 3 aromatic carbocycles. The number of nitrogens with one attached hydrogen (secondary N) is 1. The van der Waals surface area contributed by atoms with Crippen molar-refractivity contribution < 1.29 is 28.4 Å². The molecule has 0 bridgehead atoms. The molecular formula is C28H26N4O6S. The van der Waals surface area contributed by atoms with Gasteiger partial charge in [0.1, 0.15) is 5.75 Å². The van der Waals surface area contributed by atoms with Crippen LogP contribution in [-0.2, 0) is 16.3 Å². The lowest BCUT2D eigenvalue weighted by atomic mass is 9.92. The van der Waals surface area contributed by atoms with Crippen LogP contribution in [0.15, 0.2) is 88.0 Å². The Hall–Kier alpha value is -4.74. The fraction of sp³-hybridized carbons (Fsp3) is 0.107. The molecule has 0 spiro atoms. The second-order valence-corrected chi connectivity index (χ2v) is 10.6. The lowest BCUT2D eigenvalue weighted by molar-refractivity contribution is 0.0702. The van der Waals surface area contributed by atoms with Crippen molar-refractivity contribution in [1.82, 2.24) is 10.5 Å². The third kappa shape index (κ3) is 5.44. The summed E-state index contributed by atoms with van der Waals surface area (Å²) in [6.45, 7) is 1.55. The fourth-order valence-corrected chi connectivity index (χ4v) is 6.05. The van der Waals surface area contributed by atoms with Crippen LogP contribution in [-0.4, -0.2) is 43.0 Å². The third-order valence-electron chi connectivity index (χ3n) is 6.25. The molecule has 4 rings (SSSR count). The lowest BCUT2D eigenvalue weighted by Gasteiger charge is -2.18. The lowest BCUT2D eigenvalue weighted by Crippen LogP contribution is -2.22. The molecule has 4 aromatic rings. The van der Waals surface area contributed by atoms with E-state index in [9.17, 15) is 23.6 Å². The number of benzene rings is 3. The van der Waals surface area contributed by atoms with Crippen LogP contribution < -0.4 is 16.0 Å². The van der Waals surface area contributed by atoms with Gasteiger partial charge in [0, 0.05) is 30.1 Å². The van der Waals surface area contributed by atoms with Gasteiger partial charge in [-0.05, 0) is 71.1 Å². The van der Waals surface area contributed by atoms with Gasteiger partial charge in [-0.15, -0.1) is 0 Å². The number of nitrogen functional groups attached to an aromatic ring is 1. The minimum absolute atomic E-state index is 0.0526. The summed E-state index contributed by atoms with van der Waals surface area (Å²) in [6.07, 6.45) is 5.04. The number of hydroxylamine groups is 1. The van der Waals surface area contributed by atoms with Crippen molar-refractivity contribution in [2.45, 2.75) is 23.1 Å². The molecule has 0 radical (unpaired) electrons. The summed E-state index contributed by atoms with van der Waals surface area (Å²) >= 11 is 0. The van der Waals surface area contributed by atoms with E-state index in [0.29, 0.717) is 34.5 Å². The van der Waals surface area contributed by atoms with Gasteiger partial charge in [0.2, 0.25) is 9.84 Å². The Morgan fingerprint density at radius 1 is 1.15 bits per heavy atom. The maximum atomic E-state index is 13.6. The Morgan fingerprint density at radius 3 is 2.51 bits per heavy atom. The van der Waals surface area contributed by atoms with Gasteiger partial charge in [-0.3, -0.25) is 15.0 Å². The average molecular weight is 547 g/mol. The van der Waals surface area contributed by atoms with Gasteiger partial charge in [-0.25, -0.2) is 13.9 Å². The molecule has 0 saturated heterocycles. The van der Waals surface area contributed by atoms with Crippen molar-refractivity contribution in [2.24, 2.45) is 5.16 Å². The minimum Gasteiger partial charge on any atom is -0.497 e. The molecule has 11 heteroatoms. The van der Waals surface area contributed by atoms with Gasteiger partial charge in [0.15, 0.2) is 0 Å². The number of aromatic nitrogens is 1. The van der Waals surface area contributed by atoms with E-state index in [-0.39, 0.29) is 20.9 Å². The number of anilines is 1. The Labute approximate surface area is 225 Å². The van der Waals surface area contributed by atoms with Crippen LogP contribution in [0.5, 0.6) is 5.75 Å². The van der Waals surface area contributed by atoms with E-state index < -0.39 is 15.7 Å². The monoisotopic (exact) mass is 546 g/mol. The predicted octanol–water partition coefficient (Wildman–Crippen LogP) is 4.00. The summed E-state index contributed by atoms with van der Waals surface area (Å²) in [5.41, 5.74) is 11.3. The largest absolute Gasteiger partial charge is 0.497 e. The molecule has 0 fully saturated rings. The molecule has 1 aromatic heterocycles. The highest BCUT2D eigenvalue weighted by Gasteiger charge is 2.28.